The topological polar surface area (TPSA) is 80.8 Å². The molecule has 3 aliphatic rings. The minimum atomic E-state index is -4.85. The van der Waals surface area contributed by atoms with E-state index in [0.29, 0.717) is 10.5 Å². The van der Waals surface area contributed by atoms with Crippen molar-refractivity contribution >= 4 is 29.1 Å². The van der Waals surface area contributed by atoms with Crippen LogP contribution in [0.4, 0.5) is 18.9 Å². The zero-order valence-corrected chi connectivity index (χ0v) is 19.3. The van der Waals surface area contributed by atoms with E-state index in [2.05, 4.69) is 0 Å². The van der Waals surface area contributed by atoms with Gasteiger partial charge in [-0.2, -0.15) is 13.2 Å². The summed E-state index contributed by atoms with van der Waals surface area (Å²) in [5, 5.41) is 0. The normalized spacial score (nSPS) is 24.2. The first-order valence-electron chi connectivity index (χ1n) is 11.5. The van der Waals surface area contributed by atoms with Crippen LogP contribution >= 0.6 is 0 Å². The van der Waals surface area contributed by atoms with Crippen LogP contribution in [0.1, 0.15) is 43.5 Å². The van der Waals surface area contributed by atoms with Gasteiger partial charge in [-0.05, 0) is 24.6 Å². The molecule has 3 aromatic carbocycles. The van der Waals surface area contributed by atoms with Gasteiger partial charge in [-0.15, -0.1) is 0 Å². The molecule has 3 atom stereocenters. The summed E-state index contributed by atoms with van der Waals surface area (Å²) in [5.74, 6) is -6.57. The molecule has 3 aromatic rings. The number of para-hydroxylation sites is 1. The van der Waals surface area contributed by atoms with Crippen molar-refractivity contribution in [2.75, 3.05) is 4.90 Å². The minimum absolute atomic E-state index is 0.0465. The Hall–Kier alpha value is -4.11. The summed E-state index contributed by atoms with van der Waals surface area (Å²) in [6.45, 7) is 1.84. The van der Waals surface area contributed by atoms with Crippen molar-refractivity contribution in [1.82, 2.24) is 0 Å². The predicted molar refractivity (Wildman–Crippen MR) is 124 cm³/mol. The largest absolute Gasteiger partial charge is 0.418 e. The minimum Gasteiger partial charge on any atom is -0.349 e. The predicted octanol–water partition coefficient (Wildman–Crippen LogP) is 4.71. The number of carbonyl (C=O) groups excluding carboxylic acids is 4. The maximum atomic E-state index is 13.9. The van der Waals surface area contributed by atoms with Gasteiger partial charge in [0, 0.05) is 11.1 Å². The summed E-state index contributed by atoms with van der Waals surface area (Å²) < 4.78 is 47.7. The Balaban J connectivity index is 1.56. The SMILES string of the molecule is Cc1ccc([C@H]2OC3(C(=O)c4ccccc4C3=O)[C@H]3C(=O)N(c4ccccc4C(F)(F)F)C(=O)[C@@H]23)cc1. The van der Waals surface area contributed by atoms with Crippen LogP contribution in [0.15, 0.2) is 72.8 Å². The summed E-state index contributed by atoms with van der Waals surface area (Å²) in [6.07, 6.45) is -6.05. The number of amides is 2. The van der Waals surface area contributed by atoms with Crippen molar-refractivity contribution in [2.45, 2.75) is 24.8 Å². The summed E-state index contributed by atoms with van der Waals surface area (Å²) in [7, 11) is 0. The van der Waals surface area contributed by atoms with Crippen molar-refractivity contribution in [3.63, 3.8) is 0 Å². The van der Waals surface area contributed by atoms with E-state index in [0.717, 1.165) is 23.8 Å². The number of Topliss-reactive ketones (excluding diaryl/α,β-unsaturated/α-hetero) is 2. The fourth-order valence-corrected chi connectivity index (χ4v) is 5.72. The van der Waals surface area contributed by atoms with E-state index in [1.54, 1.807) is 36.4 Å². The van der Waals surface area contributed by atoms with Crippen LogP contribution in [0.2, 0.25) is 0 Å². The van der Waals surface area contributed by atoms with Crippen LogP contribution in [-0.4, -0.2) is 29.0 Å². The number of alkyl halides is 3. The van der Waals surface area contributed by atoms with E-state index >= 15 is 0 Å². The quantitative estimate of drug-likeness (QED) is 0.372. The van der Waals surface area contributed by atoms with Gasteiger partial charge in [0.15, 0.2) is 0 Å². The summed E-state index contributed by atoms with van der Waals surface area (Å²) in [5.41, 5.74) is -2.75. The third-order valence-electron chi connectivity index (χ3n) is 7.38. The Morgan fingerprint density at radius 2 is 1.35 bits per heavy atom. The fourth-order valence-electron chi connectivity index (χ4n) is 5.72. The first-order valence-corrected chi connectivity index (χ1v) is 11.5. The third kappa shape index (κ3) is 3.03. The van der Waals surface area contributed by atoms with Gasteiger partial charge in [0.05, 0.1) is 29.2 Å². The molecule has 1 aliphatic carbocycles. The van der Waals surface area contributed by atoms with Crippen LogP contribution in [-0.2, 0) is 20.5 Å². The van der Waals surface area contributed by atoms with E-state index in [9.17, 15) is 32.3 Å². The average molecular weight is 505 g/mol. The molecule has 6 nitrogen and oxygen atoms in total. The van der Waals surface area contributed by atoms with E-state index in [1.807, 2.05) is 6.92 Å². The molecule has 0 unspecified atom stereocenters. The third-order valence-corrected chi connectivity index (χ3v) is 7.38. The number of hydrogen-bond donors (Lipinski definition) is 0. The van der Waals surface area contributed by atoms with Crippen molar-refractivity contribution < 1.29 is 37.1 Å². The lowest BCUT2D eigenvalue weighted by molar-refractivity contribution is -0.137. The lowest BCUT2D eigenvalue weighted by Gasteiger charge is -2.28. The van der Waals surface area contributed by atoms with Crippen LogP contribution in [0.5, 0.6) is 0 Å². The highest BCUT2D eigenvalue weighted by atomic mass is 19.4. The Labute approximate surface area is 208 Å². The highest BCUT2D eigenvalue weighted by Crippen LogP contribution is 2.58. The van der Waals surface area contributed by atoms with Gasteiger partial charge in [-0.3, -0.25) is 19.2 Å². The molecule has 0 aromatic heterocycles. The number of anilines is 1. The fraction of sp³-hybridized carbons (Fsp3) is 0.214. The number of benzene rings is 3. The highest BCUT2D eigenvalue weighted by Gasteiger charge is 2.75. The molecule has 0 bridgehead atoms. The summed E-state index contributed by atoms with van der Waals surface area (Å²) in [4.78, 5) is 55.6. The van der Waals surface area contributed by atoms with Crippen molar-refractivity contribution in [1.29, 1.82) is 0 Å². The smallest absolute Gasteiger partial charge is 0.349 e. The second kappa shape index (κ2) is 7.69. The number of fused-ring (bicyclic) bond motifs is 3. The lowest BCUT2D eigenvalue weighted by Crippen LogP contribution is -2.51. The molecule has 2 fully saturated rings. The van der Waals surface area contributed by atoms with Crippen molar-refractivity contribution in [3.05, 3.63) is 101 Å². The number of halogens is 3. The first kappa shape index (κ1) is 23.3. The number of imide groups is 1. The zero-order chi connectivity index (χ0) is 26.3. The molecular formula is C28H18F3NO5. The van der Waals surface area contributed by atoms with Crippen LogP contribution in [0.25, 0.3) is 0 Å². The molecule has 2 heterocycles. The first-order chi connectivity index (χ1) is 17.6. The van der Waals surface area contributed by atoms with E-state index in [1.165, 1.54) is 18.2 Å². The number of ketones is 2. The summed E-state index contributed by atoms with van der Waals surface area (Å²) >= 11 is 0. The Bertz CT molecular complexity index is 1480. The monoisotopic (exact) mass is 505 g/mol. The highest BCUT2D eigenvalue weighted by molar-refractivity contribution is 6.37. The molecule has 2 amide bonds. The standard InChI is InChI=1S/C28H18F3NO5/c1-14-10-12-15(13-11-14)22-20-21(27(37-22)23(33)16-6-2-3-7-17(16)24(27)34)26(36)32(25(20)35)19-9-5-4-8-18(19)28(29,30)31/h2-13,20-22H,1H3/t20-,21-,22-/m1/s1. The second-order valence-electron chi connectivity index (χ2n) is 9.42. The maximum Gasteiger partial charge on any atom is 0.418 e. The Kier molecular flexibility index (Phi) is 4.84. The van der Waals surface area contributed by atoms with Gasteiger partial charge in [-0.25, -0.2) is 4.90 Å². The van der Waals surface area contributed by atoms with Gasteiger partial charge < -0.3 is 4.74 Å². The van der Waals surface area contributed by atoms with Gasteiger partial charge >= 0.3 is 6.18 Å². The van der Waals surface area contributed by atoms with E-state index in [-0.39, 0.29) is 11.1 Å². The second-order valence-corrected chi connectivity index (χ2v) is 9.42. The molecule has 0 saturated carbocycles. The molecule has 6 rings (SSSR count). The molecule has 37 heavy (non-hydrogen) atoms. The number of rotatable bonds is 2. The Morgan fingerprint density at radius 3 is 1.95 bits per heavy atom. The molecular weight excluding hydrogens is 487 g/mol. The van der Waals surface area contributed by atoms with Crippen LogP contribution < -0.4 is 4.90 Å². The number of aryl methyl sites for hydroxylation is 1. The molecule has 0 radical (unpaired) electrons. The number of ether oxygens (including phenoxy) is 1. The van der Waals surface area contributed by atoms with Crippen molar-refractivity contribution in [2.24, 2.45) is 11.8 Å². The molecule has 0 N–H and O–H groups in total. The van der Waals surface area contributed by atoms with Crippen LogP contribution in [0.3, 0.4) is 0 Å². The molecule has 2 saturated heterocycles. The molecule has 9 heteroatoms. The average Bonchev–Trinajstić information content (AvgIpc) is 3.44. The maximum absolute atomic E-state index is 13.9. The van der Waals surface area contributed by atoms with Gasteiger partial charge in [-0.1, -0.05) is 66.2 Å². The Morgan fingerprint density at radius 1 is 0.784 bits per heavy atom. The zero-order valence-electron chi connectivity index (χ0n) is 19.3. The number of hydrogen-bond acceptors (Lipinski definition) is 5. The van der Waals surface area contributed by atoms with E-state index in [4.69, 9.17) is 4.74 Å². The molecule has 1 spiro atoms. The molecule has 2 aliphatic heterocycles. The van der Waals surface area contributed by atoms with Gasteiger partial charge in [0.25, 0.3) is 0 Å². The van der Waals surface area contributed by atoms with Crippen molar-refractivity contribution in [3.8, 4) is 0 Å². The van der Waals surface area contributed by atoms with Gasteiger partial charge in [0.2, 0.25) is 29.0 Å². The number of nitrogens with zero attached hydrogens (tertiary/aromatic N) is 1. The molecule has 186 valence electrons. The van der Waals surface area contributed by atoms with E-state index < -0.39 is 64.3 Å². The van der Waals surface area contributed by atoms with Crippen LogP contribution in [0, 0.1) is 18.8 Å². The lowest BCUT2D eigenvalue weighted by atomic mass is 9.77. The summed E-state index contributed by atoms with van der Waals surface area (Å²) in [6, 6.07) is 17.0. The van der Waals surface area contributed by atoms with Gasteiger partial charge in [0.1, 0.15) is 0 Å². The number of carbonyl (C=O) groups is 4.